The summed E-state index contributed by atoms with van der Waals surface area (Å²) in [6.07, 6.45) is 9.24. The van der Waals surface area contributed by atoms with E-state index in [9.17, 15) is 4.39 Å². The highest BCUT2D eigenvalue weighted by Gasteiger charge is 2.31. The molecule has 162 valence electrons. The number of likely N-dealkylation sites (tertiary alicyclic amines) is 1. The van der Waals surface area contributed by atoms with Crippen molar-refractivity contribution >= 4 is 5.69 Å². The summed E-state index contributed by atoms with van der Waals surface area (Å²) in [5.74, 6) is 0.407. The lowest BCUT2D eigenvalue weighted by molar-refractivity contribution is -0.0598. The first-order valence-electron chi connectivity index (χ1n) is 11.4. The minimum atomic E-state index is -0.326. The second-order valence-electron chi connectivity index (χ2n) is 8.95. The number of aryl methyl sites for hydroxylation is 1. The van der Waals surface area contributed by atoms with Gasteiger partial charge in [0.05, 0.1) is 17.8 Å². The van der Waals surface area contributed by atoms with E-state index >= 15 is 0 Å². The van der Waals surface area contributed by atoms with Crippen molar-refractivity contribution in [2.75, 3.05) is 31.1 Å². The summed E-state index contributed by atoms with van der Waals surface area (Å²) in [4.78, 5) is 9.03. The van der Waals surface area contributed by atoms with Crippen LogP contribution in [-0.4, -0.2) is 59.5 Å². The zero-order chi connectivity index (χ0) is 20.5. The van der Waals surface area contributed by atoms with Gasteiger partial charge in [0.2, 0.25) is 0 Å². The fourth-order valence-electron chi connectivity index (χ4n) is 4.93. The van der Waals surface area contributed by atoms with Gasteiger partial charge in [0.1, 0.15) is 5.82 Å². The van der Waals surface area contributed by atoms with Gasteiger partial charge in [0.25, 0.3) is 5.89 Å². The summed E-state index contributed by atoms with van der Waals surface area (Å²) in [7, 11) is 0. The van der Waals surface area contributed by atoms with Crippen LogP contribution in [-0.2, 0) is 4.74 Å². The van der Waals surface area contributed by atoms with E-state index in [1.807, 2.05) is 6.07 Å². The van der Waals surface area contributed by atoms with E-state index in [-0.39, 0.29) is 11.7 Å². The lowest BCUT2D eigenvalue weighted by Crippen LogP contribution is -2.47. The number of anilines is 1. The Morgan fingerprint density at radius 3 is 2.27 bits per heavy atom. The molecule has 1 aliphatic carbocycles. The molecule has 2 aliphatic heterocycles. The van der Waals surface area contributed by atoms with Crippen LogP contribution >= 0.6 is 0 Å². The molecule has 6 nitrogen and oxygen atoms in total. The van der Waals surface area contributed by atoms with Crippen molar-refractivity contribution in [1.82, 2.24) is 15.0 Å². The zero-order valence-corrected chi connectivity index (χ0v) is 17.7. The Morgan fingerprint density at radius 2 is 1.70 bits per heavy atom. The standard InChI is InChI=1S/C23H31FN4O2/c1-16-25-23(30-26-16)21-6-5-18(15-22(21)24)28-13-9-20(10-14-28)29-19-7-11-27(12-8-19)17-3-2-4-17/h5-6,15,17,19-20H,2-4,7-14H2,1H3. The monoisotopic (exact) mass is 414 g/mol. The van der Waals surface area contributed by atoms with Crippen LogP contribution in [0.1, 0.15) is 50.8 Å². The number of ether oxygens (including phenoxy) is 1. The quantitative estimate of drug-likeness (QED) is 0.731. The maximum absolute atomic E-state index is 14.6. The third-order valence-electron chi connectivity index (χ3n) is 6.97. The second-order valence-corrected chi connectivity index (χ2v) is 8.95. The van der Waals surface area contributed by atoms with Gasteiger partial charge >= 0.3 is 0 Å². The number of hydrogen-bond acceptors (Lipinski definition) is 6. The average Bonchev–Trinajstić information content (AvgIpc) is 3.15. The predicted molar refractivity (Wildman–Crippen MR) is 113 cm³/mol. The first kappa shape index (κ1) is 19.9. The molecule has 0 radical (unpaired) electrons. The lowest BCUT2D eigenvalue weighted by Gasteiger charge is -2.43. The predicted octanol–water partition coefficient (Wildman–Crippen LogP) is 4.19. The first-order chi connectivity index (χ1) is 14.7. The van der Waals surface area contributed by atoms with Gasteiger partial charge in [-0.3, -0.25) is 0 Å². The van der Waals surface area contributed by atoms with Crippen molar-refractivity contribution < 1.29 is 13.7 Å². The normalized spacial score (nSPS) is 22.4. The van der Waals surface area contributed by atoms with E-state index in [1.165, 1.54) is 45.2 Å². The fourth-order valence-corrected chi connectivity index (χ4v) is 4.93. The second kappa shape index (κ2) is 8.63. The van der Waals surface area contributed by atoms with Crippen LogP contribution in [0.3, 0.4) is 0 Å². The Morgan fingerprint density at radius 1 is 1.00 bits per heavy atom. The summed E-state index contributed by atoms with van der Waals surface area (Å²) < 4.78 is 26.2. The van der Waals surface area contributed by atoms with Crippen LogP contribution in [0.2, 0.25) is 0 Å². The van der Waals surface area contributed by atoms with Crippen LogP contribution in [0.5, 0.6) is 0 Å². The number of piperidine rings is 2. The van der Waals surface area contributed by atoms with Crippen LogP contribution in [0.15, 0.2) is 22.7 Å². The molecule has 0 spiro atoms. The summed E-state index contributed by atoms with van der Waals surface area (Å²) in [5.41, 5.74) is 1.26. The van der Waals surface area contributed by atoms with Crippen molar-refractivity contribution in [2.45, 2.75) is 70.1 Å². The van der Waals surface area contributed by atoms with Gasteiger partial charge < -0.3 is 19.1 Å². The Balaban J connectivity index is 1.11. The average molecular weight is 415 g/mol. The van der Waals surface area contributed by atoms with Gasteiger partial charge in [0, 0.05) is 37.9 Å². The van der Waals surface area contributed by atoms with Gasteiger partial charge in [-0.1, -0.05) is 11.6 Å². The van der Waals surface area contributed by atoms with E-state index in [0.717, 1.165) is 37.7 Å². The van der Waals surface area contributed by atoms with Crippen molar-refractivity contribution in [3.05, 3.63) is 29.8 Å². The maximum Gasteiger partial charge on any atom is 0.260 e. The molecule has 2 aromatic rings. The molecule has 0 bridgehead atoms. The molecular weight excluding hydrogens is 383 g/mol. The van der Waals surface area contributed by atoms with Crippen molar-refractivity contribution in [1.29, 1.82) is 0 Å². The van der Waals surface area contributed by atoms with Gasteiger partial charge in [-0.2, -0.15) is 4.98 Å². The maximum atomic E-state index is 14.6. The molecule has 30 heavy (non-hydrogen) atoms. The highest BCUT2D eigenvalue weighted by molar-refractivity contribution is 5.60. The topological polar surface area (TPSA) is 54.6 Å². The summed E-state index contributed by atoms with van der Waals surface area (Å²) >= 11 is 0. The SMILES string of the molecule is Cc1noc(-c2ccc(N3CCC(OC4CCN(C5CCC5)CC4)CC3)cc2F)n1. The molecule has 1 aromatic heterocycles. The Kier molecular flexibility index (Phi) is 5.74. The number of halogens is 1. The Hall–Kier alpha value is -1.99. The van der Waals surface area contributed by atoms with Gasteiger partial charge in [-0.25, -0.2) is 4.39 Å². The zero-order valence-electron chi connectivity index (χ0n) is 17.7. The molecule has 0 N–H and O–H groups in total. The molecular formula is C23H31FN4O2. The van der Waals surface area contributed by atoms with Crippen molar-refractivity contribution in [2.24, 2.45) is 0 Å². The summed E-state index contributed by atoms with van der Waals surface area (Å²) in [6, 6.07) is 6.10. The van der Waals surface area contributed by atoms with Crippen molar-refractivity contribution in [3.8, 4) is 11.5 Å². The van der Waals surface area contributed by atoms with Crippen LogP contribution < -0.4 is 4.90 Å². The third kappa shape index (κ3) is 4.23. The molecule has 0 atom stereocenters. The number of nitrogens with zero attached hydrogens (tertiary/aromatic N) is 4. The number of hydrogen-bond donors (Lipinski definition) is 0. The van der Waals surface area contributed by atoms with Gasteiger partial charge in [0.15, 0.2) is 5.82 Å². The summed E-state index contributed by atoms with van der Waals surface area (Å²) in [5, 5.41) is 3.74. The fraction of sp³-hybridized carbons (Fsp3) is 0.652. The van der Waals surface area contributed by atoms with E-state index in [4.69, 9.17) is 9.26 Å². The van der Waals surface area contributed by atoms with E-state index in [0.29, 0.717) is 23.6 Å². The minimum absolute atomic E-state index is 0.229. The van der Waals surface area contributed by atoms with Crippen molar-refractivity contribution in [3.63, 3.8) is 0 Å². The van der Waals surface area contributed by atoms with Crippen LogP contribution in [0.25, 0.3) is 11.5 Å². The Labute approximate surface area is 177 Å². The lowest BCUT2D eigenvalue weighted by atomic mass is 9.89. The number of rotatable bonds is 5. The smallest absolute Gasteiger partial charge is 0.260 e. The molecule has 1 aromatic carbocycles. The van der Waals surface area contributed by atoms with E-state index in [2.05, 4.69) is 19.9 Å². The highest BCUT2D eigenvalue weighted by Crippen LogP contribution is 2.31. The molecule has 2 saturated heterocycles. The Bertz CT molecular complexity index is 853. The molecule has 3 aliphatic rings. The third-order valence-corrected chi connectivity index (χ3v) is 6.97. The highest BCUT2D eigenvalue weighted by atomic mass is 19.1. The van der Waals surface area contributed by atoms with Gasteiger partial charge in [-0.05, 0) is 63.6 Å². The first-order valence-corrected chi connectivity index (χ1v) is 11.4. The van der Waals surface area contributed by atoms with E-state index in [1.54, 1.807) is 19.1 Å². The molecule has 5 rings (SSSR count). The number of benzene rings is 1. The molecule has 7 heteroatoms. The molecule has 0 unspecified atom stereocenters. The van der Waals surface area contributed by atoms with E-state index < -0.39 is 0 Å². The molecule has 0 amide bonds. The molecule has 3 heterocycles. The molecule has 1 saturated carbocycles. The summed E-state index contributed by atoms with van der Waals surface area (Å²) in [6.45, 7) is 5.90. The van der Waals surface area contributed by atoms with Gasteiger partial charge in [-0.15, -0.1) is 0 Å². The minimum Gasteiger partial charge on any atom is -0.375 e. The van der Waals surface area contributed by atoms with Crippen LogP contribution in [0, 0.1) is 12.7 Å². The number of aromatic nitrogens is 2. The molecule has 3 fully saturated rings. The largest absolute Gasteiger partial charge is 0.375 e. The van der Waals surface area contributed by atoms with Crippen LogP contribution in [0.4, 0.5) is 10.1 Å².